The van der Waals surface area contributed by atoms with Crippen LogP contribution in [0.3, 0.4) is 0 Å². The van der Waals surface area contributed by atoms with Crippen LogP contribution in [0.5, 0.6) is 5.75 Å². The van der Waals surface area contributed by atoms with Crippen LogP contribution in [0.25, 0.3) is 0 Å². The number of ether oxygens (including phenoxy) is 1. The number of methoxy groups -OCH3 is 1. The van der Waals surface area contributed by atoms with Gasteiger partial charge in [0.2, 0.25) is 0 Å². The predicted octanol–water partition coefficient (Wildman–Crippen LogP) is 1.27. The number of benzene rings is 1. The minimum Gasteiger partial charge on any atom is -0.497 e. The summed E-state index contributed by atoms with van der Waals surface area (Å²) >= 11 is 0. The van der Waals surface area contributed by atoms with E-state index in [1.54, 1.807) is 25.3 Å². The van der Waals surface area contributed by atoms with E-state index < -0.39 is 0 Å². The molecule has 0 amide bonds. The molecular weight excluding hydrogens is 188 g/mol. The Hall–Kier alpha value is -1.97. The Morgan fingerprint density at radius 2 is 2.20 bits per heavy atom. The molecule has 0 saturated carbocycles. The third kappa shape index (κ3) is 3.02. The van der Waals surface area contributed by atoms with Crippen LogP contribution in [0.4, 0.5) is 0 Å². The number of nitrogens with zero attached hydrogens (tertiary/aromatic N) is 1. The highest BCUT2D eigenvalue weighted by Gasteiger charge is 2.00. The highest BCUT2D eigenvalue weighted by Crippen LogP contribution is 2.16. The first-order valence-corrected chi connectivity index (χ1v) is 4.59. The van der Waals surface area contributed by atoms with E-state index in [1.165, 1.54) is 0 Å². The standard InChI is InChI=1S/C12H12N2O/c1-15-12-6-5-11(9-14)10(8-12)4-2-3-7-13/h5-6,8H,3,7,13H2,1H3. The molecule has 3 heteroatoms. The van der Waals surface area contributed by atoms with E-state index in [2.05, 4.69) is 17.9 Å². The first-order valence-electron chi connectivity index (χ1n) is 4.59. The second-order valence-electron chi connectivity index (χ2n) is 2.86. The molecule has 0 spiro atoms. The van der Waals surface area contributed by atoms with Crippen molar-refractivity contribution in [3.63, 3.8) is 0 Å². The van der Waals surface area contributed by atoms with Crippen LogP contribution < -0.4 is 10.5 Å². The lowest BCUT2D eigenvalue weighted by Gasteiger charge is -2.00. The van der Waals surface area contributed by atoms with E-state index in [9.17, 15) is 0 Å². The van der Waals surface area contributed by atoms with Crippen LogP contribution in [-0.2, 0) is 0 Å². The lowest BCUT2D eigenvalue weighted by molar-refractivity contribution is 0.414. The number of rotatable bonds is 2. The van der Waals surface area contributed by atoms with Crippen LogP contribution in [0, 0.1) is 23.2 Å². The molecule has 3 nitrogen and oxygen atoms in total. The molecule has 0 atom stereocenters. The molecule has 0 aliphatic carbocycles. The lowest BCUT2D eigenvalue weighted by Crippen LogP contribution is -1.95. The van der Waals surface area contributed by atoms with Gasteiger partial charge < -0.3 is 10.5 Å². The summed E-state index contributed by atoms with van der Waals surface area (Å²) in [6, 6.07) is 7.28. The number of nitrogens with two attached hydrogens (primary N) is 1. The number of hydrogen-bond acceptors (Lipinski definition) is 3. The summed E-state index contributed by atoms with van der Waals surface area (Å²) in [6.45, 7) is 0.527. The Kier molecular flexibility index (Phi) is 4.22. The lowest BCUT2D eigenvalue weighted by atomic mass is 10.1. The largest absolute Gasteiger partial charge is 0.497 e. The minimum atomic E-state index is 0.527. The molecule has 1 rings (SSSR count). The highest BCUT2D eigenvalue weighted by atomic mass is 16.5. The monoisotopic (exact) mass is 200 g/mol. The zero-order valence-electron chi connectivity index (χ0n) is 8.58. The van der Waals surface area contributed by atoms with Crippen molar-refractivity contribution in [2.75, 3.05) is 13.7 Å². The summed E-state index contributed by atoms with van der Waals surface area (Å²) in [5, 5.41) is 8.86. The zero-order chi connectivity index (χ0) is 11.1. The number of hydrogen-bond donors (Lipinski definition) is 1. The summed E-state index contributed by atoms with van der Waals surface area (Å²) in [5.74, 6) is 6.50. The van der Waals surface area contributed by atoms with E-state index in [4.69, 9.17) is 15.7 Å². The van der Waals surface area contributed by atoms with Crippen molar-refractivity contribution >= 4 is 0 Å². The van der Waals surface area contributed by atoms with Gasteiger partial charge in [0.15, 0.2) is 0 Å². The fraction of sp³-hybridized carbons (Fsp3) is 0.250. The molecule has 0 aliphatic heterocycles. The van der Waals surface area contributed by atoms with Crippen LogP contribution in [0.1, 0.15) is 17.5 Å². The third-order valence-electron chi connectivity index (χ3n) is 1.84. The van der Waals surface area contributed by atoms with Gasteiger partial charge in [-0.05, 0) is 18.2 Å². The minimum absolute atomic E-state index is 0.527. The molecule has 1 aromatic carbocycles. The van der Waals surface area contributed by atoms with E-state index in [0.717, 1.165) is 0 Å². The van der Waals surface area contributed by atoms with Crippen LogP contribution >= 0.6 is 0 Å². The van der Waals surface area contributed by atoms with Crippen molar-refractivity contribution < 1.29 is 4.74 Å². The first kappa shape index (κ1) is 11.1. The van der Waals surface area contributed by atoms with Gasteiger partial charge in [-0.1, -0.05) is 11.8 Å². The Morgan fingerprint density at radius 1 is 1.40 bits per heavy atom. The Labute approximate surface area is 89.5 Å². The van der Waals surface area contributed by atoms with E-state index in [-0.39, 0.29) is 0 Å². The molecule has 0 saturated heterocycles. The van der Waals surface area contributed by atoms with Crippen molar-refractivity contribution in [2.45, 2.75) is 6.42 Å². The van der Waals surface area contributed by atoms with Crippen molar-refractivity contribution in [3.05, 3.63) is 29.3 Å². The van der Waals surface area contributed by atoms with Crippen LogP contribution in [0.2, 0.25) is 0 Å². The number of nitriles is 1. The fourth-order valence-corrected chi connectivity index (χ4v) is 1.08. The maximum absolute atomic E-state index is 8.86. The smallest absolute Gasteiger partial charge is 0.120 e. The van der Waals surface area contributed by atoms with Gasteiger partial charge >= 0.3 is 0 Å². The van der Waals surface area contributed by atoms with Crippen LogP contribution in [0.15, 0.2) is 18.2 Å². The fourth-order valence-electron chi connectivity index (χ4n) is 1.08. The second-order valence-corrected chi connectivity index (χ2v) is 2.86. The van der Waals surface area contributed by atoms with Crippen molar-refractivity contribution in [1.82, 2.24) is 0 Å². The molecule has 15 heavy (non-hydrogen) atoms. The van der Waals surface area contributed by atoms with Gasteiger partial charge in [0.1, 0.15) is 11.8 Å². The van der Waals surface area contributed by atoms with Gasteiger partial charge in [-0.3, -0.25) is 0 Å². The van der Waals surface area contributed by atoms with E-state index >= 15 is 0 Å². The Morgan fingerprint density at radius 3 is 2.80 bits per heavy atom. The van der Waals surface area contributed by atoms with Gasteiger partial charge in [0, 0.05) is 18.5 Å². The van der Waals surface area contributed by atoms with Gasteiger partial charge in [0.05, 0.1) is 12.7 Å². The molecule has 0 radical (unpaired) electrons. The molecule has 0 fully saturated rings. The molecule has 0 bridgehead atoms. The summed E-state index contributed by atoms with van der Waals surface area (Å²) < 4.78 is 5.06. The summed E-state index contributed by atoms with van der Waals surface area (Å²) in [5.41, 5.74) is 6.57. The molecule has 0 aromatic heterocycles. The van der Waals surface area contributed by atoms with Crippen molar-refractivity contribution in [2.24, 2.45) is 5.73 Å². The quantitative estimate of drug-likeness (QED) is 0.731. The summed E-state index contributed by atoms with van der Waals surface area (Å²) in [4.78, 5) is 0. The molecule has 0 unspecified atom stereocenters. The molecule has 2 N–H and O–H groups in total. The molecule has 1 aromatic rings. The first-order chi connectivity index (χ1) is 7.31. The molecule has 76 valence electrons. The topological polar surface area (TPSA) is 59.0 Å². The van der Waals surface area contributed by atoms with E-state index in [1.807, 2.05) is 0 Å². The average Bonchev–Trinajstić information content (AvgIpc) is 2.29. The Bertz CT molecular complexity index is 435. The molecule has 0 aliphatic rings. The summed E-state index contributed by atoms with van der Waals surface area (Å²) in [7, 11) is 1.58. The predicted molar refractivity (Wildman–Crippen MR) is 58.3 cm³/mol. The van der Waals surface area contributed by atoms with Gasteiger partial charge in [0.25, 0.3) is 0 Å². The Balaban J connectivity index is 3.04. The summed E-state index contributed by atoms with van der Waals surface area (Å²) in [6.07, 6.45) is 0.627. The highest BCUT2D eigenvalue weighted by molar-refractivity contribution is 5.51. The average molecular weight is 200 g/mol. The SMILES string of the molecule is COc1ccc(C#N)c(C#CCCN)c1. The van der Waals surface area contributed by atoms with E-state index in [0.29, 0.717) is 29.8 Å². The normalized spacial score (nSPS) is 8.60. The maximum Gasteiger partial charge on any atom is 0.120 e. The van der Waals surface area contributed by atoms with Gasteiger partial charge in [-0.15, -0.1) is 0 Å². The van der Waals surface area contributed by atoms with Gasteiger partial charge in [-0.2, -0.15) is 5.26 Å². The molecule has 0 heterocycles. The zero-order valence-corrected chi connectivity index (χ0v) is 8.58. The van der Waals surface area contributed by atoms with Crippen molar-refractivity contribution in [3.8, 4) is 23.7 Å². The maximum atomic E-state index is 8.86. The van der Waals surface area contributed by atoms with Gasteiger partial charge in [-0.25, -0.2) is 0 Å². The molecular formula is C12H12N2O. The second kappa shape index (κ2) is 5.70. The van der Waals surface area contributed by atoms with Crippen LogP contribution in [-0.4, -0.2) is 13.7 Å². The third-order valence-corrected chi connectivity index (χ3v) is 1.84. The van der Waals surface area contributed by atoms with Crippen molar-refractivity contribution in [1.29, 1.82) is 5.26 Å².